The molecular formula is C27H30N6O. The summed E-state index contributed by atoms with van der Waals surface area (Å²) >= 11 is 0. The zero-order valence-electron chi connectivity index (χ0n) is 19.4. The van der Waals surface area contributed by atoms with E-state index in [0.717, 1.165) is 60.3 Å². The first kappa shape index (κ1) is 22.1. The van der Waals surface area contributed by atoms with Crippen LogP contribution in [0.15, 0.2) is 71.9 Å². The van der Waals surface area contributed by atoms with E-state index in [-0.39, 0.29) is 5.43 Å². The number of nitrogens with two attached hydrogens (primary N) is 1. The maximum atomic E-state index is 13.3. The predicted octanol–water partition coefficient (Wildman–Crippen LogP) is 3.88. The third-order valence-corrected chi connectivity index (χ3v) is 6.63. The number of fused-ring (bicyclic) bond motifs is 1. The predicted molar refractivity (Wildman–Crippen MR) is 137 cm³/mol. The van der Waals surface area contributed by atoms with Gasteiger partial charge in [0.2, 0.25) is 0 Å². The van der Waals surface area contributed by atoms with Crippen LogP contribution in [-0.4, -0.2) is 39.0 Å². The number of nitrogens with zero attached hydrogens (tertiary/aromatic N) is 4. The van der Waals surface area contributed by atoms with Crippen LogP contribution in [0.5, 0.6) is 0 Å². The van der Waals surface area contributed by atoms with Gasteiger partial charge in [-0.2, -0.15) is 0 Å². The monoisotopic (exact) mass is 454 g/mol. The van der Waals surface area contributed by atoms with Crippen molar-refractivity contribution in [2.75, 3.05) is 23.7 Å². The van der Waals surface area contributed by atoms with Gasteiger partial charge in [0, 0.05) is 66.8 Å². The Labute approximate surface area is 199 Å². The van der Waals surface area contributed by atoms with Gasteiger partial charge in [0.25, 0.3) is 0 Å². The van der Waals surface area contributed by atoms with Crippen molar-refractivity contribution in [1.29, 1.82) is 0 Å². The van der Waals surface area contributed by atoms with Crippen LogP contribution in [0.2, 0.25) is 0 Å². The largest absolute Gasteiger partial charge is 0.384 e. The van der Waals surface area contributed by atoms with Crippen molar-refractivity contribution in [2.24, 2.45) is 0 Å². The van der Waals surface area contributed by atoms with E-state index in [0.29, 0.717) is 18.4 Å². The Morgan fingerprint density at radius 1 is 1.15 bits per heavy atom. The Balaban J connectivity index is 1.45. The second-order valence-electron chi connectivity index (χ2n) is 9.08. The number of piperidine rings is 1. The summed E-state index contributed by atoms with van der Waals surface area (Å²) in [6.45, 7) is 5.22. The quantitative estimate of drug-likeness (QED) is 0.459. The Morgan fingerprint density at radius 2 is 2.03 bits per heavy atom. The Bertz CT molecular complexity index is 1330. The number of nitrogens with one attached hydrogen (secondary N) is 1. The normalized spacial score (nSPS) is 16.3. The van der Waals surface area contributed by atoms with Gasteiger partial charge in [-0.15, -0.1) is 0 Å². The number of para-hydroxylation sites is 1. The zero-order valence-corrected chi connectivity index (χ0v) is 19.4. The van der Waals surface area contributed by atoms with E-state index in [2.05, 4.69) is 36.9 Å². The molecule has 0 amide bonds. The number of hydrogen-bond donors (Lipinski definition) is 2. The highest BCUT2D eigenvalue weighted by Gasteiger charge is 2.27. The fraction of sp³-hybridized carbons (Fsp3) is 0.296. The fourth-order valence-corrected chi connectivity index (χ4v) is 4.87. The van der Waals surface area contributed by atoms with E-state index in [1.807, 2.05) is 61.9 Å². The summed E-state index contributed by atoms with van der Waals surface area (Å²) in [6, 6.07) is 16.1. The highest BCUT2D eigenvalue weighted by molar-refractivity contribution is 5.78. The molecule has 0 radical (unpaired) electrons. The maximum absolute atomic E-state index is 13.3. The summed E-state index contributed by atoms with van der Waals surface area (Å²) < 4.78 is 0. The molecule has 5 rings (SSSR count). The molecule has 174 valence electrons. The van der Waals surface area contributed by atoms with Crippen molar-refractivity contribution in [3.63, 3.8) is 0 Å². The van der Waals surface area contributed by atoms with Gasteiger partial charge < -0.3 is 15.6 Å². The number of anilines is 2. The molecule has 0 bridgehead atoms. The van der Waals surface area contributed by atoms with Crippen LogP contribution >= 0.6 is 0 Å². The van der Waals surface area contributed by atoms with Crippen LogP contribution in [0.1, 0.15) is 29.7 Å². The molecule has 34 heavy (non-hydrogen) atoms. The molecule has 0 aliphatic carbocycles. The van der Waals surface area contributed by atoms with E-state index in [4.69, 9.17) is 5.73 Å². The van der Waals surface area contributed by atoms with Gasteiger partial charge in [0.05, 0.1) is 11.9 Å². The van der Waals surface area contributed by atoms with Gasteiger partial charge in [-0.3, -0.25) is 14.7 Å². The van der Waals surface area contributed by atoms with E-state index < -0.39 is 0 Å². The van der Waals surface area contributed by atoms with Gasteiger partial charge in [0.15, 0.2) is 5.43 Å². The molecule has 0 unspecified atom stereocenters. The lowest BCUT2D eigenvalue weighted by molar-refractivity contribution is 0.158. The highest BCUT2D eigenvalue weighted by Crippen LogP contribution is 2.25. The SMILES string of the molecule is Cc1cc(CN(Cc2c[nH]c3ccccc3c2=O)[C@H]2CCCN(c3ccc(N)nc3)C2)ccn1. The minimum atomic E-state index is 0.0978. The molecule has 4 heterocycles. The van der Waals surface area contributed by atoms with Crippen molar-refractivity contribution in [3.8, 4) is 0 Å². The molecule has 1 aliphatic rings. The van der Waals surface area contributed by atoms with Crippen LogP contribution < -0.4 is 16.1 Å². The molecule has 0 spiro atoms. The van der Waals surface area contributed by atoms with E-state index in [9.17, 15) is 4.79 Å². The van der Waals surface area contributed by atoms with Crippen LogP contribution in [0, 0.1) is 6.92 Å². The second kappa shape index (κ2) is 9.65. The smallest absolute Gasteiger partial charge is 0.193 e. The molecule has 7 nitrogen and oxygen atoms in total. The number of benzene rings is 1. The number of pyridine rings is 3. The van der Waals surface area contributed by atoms with Gasteiger partial charge in [-0.25, -0.2) is 4.98 Å². The van der Waals surface area contributed by atoms with E-state index in [1.165, 1.54) is 5.56 Å². The molecule has 1 fully saturated rings. The maximum Gasteiger partial charge on any atom is 0.193 e. The number of nitrogen functional groups attached to an aromatic ring is 1. The molecule has 1 atom stereocenters. The van der Waals surface area contributed by atoms with Crippen molar-refractivity contribution in [2.45, 2.75) is 38.9 Å². The standard InChI is InChI=1S/C27H30N6O/c1-19-13-20(10-11-29-19)16-33(17-21-14-30-25-7-3-2-6-24(25)27(21)34)23-5-4-12-32(18-23)22-8-9-26(28)31-15-22/h2-3,6-11,13-15,23H,4-5,12,16-18H2,1H3,(H2,28,31)(H,30,34)/t23-/m0/s1. The molecule has 1 aliphatic heterocycles. The van der Waals surface area contributed by atoms with Gasteiger partial charge in [-0.1, -0.05) is 12.1 Å². The van der Waals surface area contributed by atoms with Crippen LogP contribution in [0.4, 0.5) is 11.5 Å². The molecule has 0 saturated carbocycles. The molecule has 1 aromatic carbocycles. The lowest BCUT2D eigenvalue weighted by Gasteiger charge is -2.40. The van der Waals surface area contributed by atoms with E-state index in [1.54, 1.807) is 0 Å². The molecule has 3 aromatic heterocycles. The summed E-state index contributed by atoms with van der Waals surface area (Å²) in [5.41, 5.74) is 10.8. The van der Waals surface area contributed by atoms with Gasteiger partial charge in [0.1, 0.15) is 5.82 Å². The molecule has 1 saturated heterocycles. The number of hydrogen-bond acceptors (Lipinski definition) is 6. The van der Waals surface area contributed by atoms with Crippen LogP contribution in [0.25, 0.3) is 10.9 Å². The summed E-state index contributed by atoms with van der Waals surface area (Å²) in [5.74, 6) is 0.530. The molecule has 4 aromatic rings. The highest BCUT2D eigenvalue weighted by atomic mass is 16.1. The summed E-state index contributed by atoms with van der Waals surface area (Å²) in [4.78, 5) is 30.0. The van der Waals surface area contributed by atoms with Crippen molar-refractivity contribution in [3.05, 3.63) is 94.2 Å². The molecule has 3 N–H and O–H groups in total. The van der Waals surface area contributed by atoms with E-state index >= 15 is 0 Å². The summed E-state index contributed by atoms with van der Waals surface area (Å²) in [5, 5.41) is 0.734. The van der Waals surface area contributed by atoms with Crippen LogP contribution in [-0.2, 0) is 13.1 Å². The number of aromatic amines is 1. The Kier molecular flexibility index (Phi) is 6.27. The van der Waals surface area contributed by atoms with Crippen molar-refractivity contribution in [1.82, 2.24) is 19.9 Å². The third-order valence-electron chi connectivity index (χ3n) is 6.63. The third kappa shape index (κ3) is 4.79. The number of aryl methyl sites for hydroxylation is 1. The van der Waals surface area contributed by atoms with Crippen molar-refractivity contribution >= 4 is 22.4 Å². The molecule has 7 heteroatoms. The lowest BCUT2D eigenvalue weighted by Crippen LogP contribution is -2.48. The number of aromatic nitrogens is 3. The zero-order chi connectivity index (χ0) is 23.5. The minimum absolute atomic E-state index is 0.0978. The Morgan fingerprint density at radius 3 is 2.85 bits per heavy atom. The average molecular weight is 455 g/mol. The topological polar surface area (TPSA) is 91.1 Å². The summed E-state index contributed by atoms with van der Waals surface area (Å²) in [6.07, 6.45) is 7.74. The van der Waals surface area contributed by atoms with Crippen LogP contribution in [0.3, 0.4) is 0 Å². The first-order chi connectivity index (χ1) is 16.6. The lowest BCUT2D eigenvalue weighted by atomic mass is 10.0. The fourth-order valence-electron chi connectivity index (χ4n) is 4.87. The molecular weight excluding hydrogens is 424 g/mol. The second-order valence-corrected chi connectivity index (χ2v) is 9.08. The summed E-state index contributed by atoms with van der Waals surface area (Å²) in [7, 11) is 0. The first-order valence-corrected chi connectivity index (χ1v) is 11.8. The minimum Gasteiger partial charge on any atom is -0.384 e. The van der Waals surface area contributed by atoms with Gasteiger partial charge >= 0.3 is 0 Å². The Hall–Kier alpha value is -3.71. The first-order valence-electron chi connectivity index (χ1n) is 11.8. The van der Waals surface area contributed by atoms with Gasteiger partial charge in [-0.05, 0) is 61.7 Å². The van der Waals surface area contributed by atoms with Crippen molar-refractivity contribution < 1.29 is 0 Å². The number of H-pyrrole nitrogens is 1. The number of rotatable bonds is 6. The average Bonchev–Trinajstić information content (AvgIpc) is 2.86.